The van der Waals surface area contributed by atoms with Crippen molar-refractivity contribution < 1.29 is 48.9 Å². The van der Waals surface area contributed by atoms with Crippen molar-refractivity contribution in [3.63, 3.8) is 0 Å². The van der Waals surface area contributed by atoms with Crippen LogP contribution in [0.1, 0.15) is 110 Å². The molecule has 49 heavy (non-hydrogen) atoms. The van der Waals surface area contributed by atoms with Crippen molar-refractivity contribution in [1.82, 2.24) is 0 Å². The van der Waals surface area contributed by atoms with E-state index in [0.717, 1.165) is 19.3 Å². The van der Waals surface area contributed by atoms with Crippen molar-refractivity contribution in [2.75, 3.05) is 13.2 Å². The molecule has 0 spiro atoms. The summed E-state index contributed by atoms with van der Waals surface area (Å²) in [5, 5.41) is 42.9. The van der Waals surface area contributed by atoms with Gasteiger partial charge in [0.25, 0.3) is 0 Å². The van der Waals surface area contributed by atoms with Crippen LogP contribution in [0.25, 0.3) is 0 Å². The second kappa shape index (κ2) is 22.1. The van der Waals surface area contributed by atoms with Gasteiger partial charge in [-0.2, -0.15) is 0 Å². The van der Waals surface area contributed by atoms with Crippen LogP contribution < -0.4 is 28.7 Å². The molecule has 14 N–H and O–H groups in total. The molecule has 0 bridgehead atoms. The summed E-state index contributed by atoms with van der Waals surface area (Å²) in [4.78, 5) is 12.4. The number of aliphatic hydroxyl groups is 4. The van der Waals surface area contributed by atoms with E-state index in [1.807, 2.05) is 0 Å². The number of carbonyl (C=O) groups excluding carboxylic acids is 1. The molecule has 3 aliphatic rings. The van der Waals surface area contributed by atoms with Crippen LogP contribution in [0.5, 0.6) is 0 Å². The summed E-state index contributed by atoms with van der Waals surface area (Å²) in [6, 6.07) is -3.39. The number of ether oxygens (including phenoxy) is 5. The van der Waals surface area contributed by atoms with Gasteiger partial charge in [-0.1, -0.05) is 84.0 Å². The predicted molar refractivity (Wildman–Crippen MR) is 183 cm³/mol. The first-order valence-corrected chi connectivity index (χ1v) is 18.7. The molecule has 0 radical (unpaired) electrons. The average Bonchev–Trinajstić information content (AvgIpc) is 3.07. The van der Waals surface area contributed by atoms with Crippen molar-refractivity contribution in [3.05, 3.63) is 0 Å². The Labute approximate surface area is 291 Å². The first-order chi connectivity index (χ1) is 23.5. The zero-order valence-corrected chi connectivity index (χ0v) is 29.4. The van der Waals surface area contributed by atoms with Gasteiger partial charge in [-0.25, -0.2) is 0 Å². The highest BCUT2D eigenvalue weighted by atomic mass is 16.7. The van der Waals surface area contributed by atoms with Gasteiger partial charge in [-0.3, -0.25) is 4.79 Å². The van der Waals surface area contributed by atoms with Crippen LogP contribution in [0.2, 0.25) is 0 Å². The quantitative estimate of drug-likeness (QED) is 0.0550. The second-order valence-electron chi connectivity index (χ2n) is 14.3. The van der Waals surface area contributed by atoms with Gasteiger partial charge in [0, 0.05) is 25.0 Å². The van der Waals surface area contributed by atoms with E-state index in [9.17, 15) is 25.2 Å². The number of hydrogen-bond donors (Lipinski definition) is 9. The fraction of sp³-hybridized carbons (Fsp3) is 0.971. The Morgan fingerprint density at radius 2 is 1.16 bits per heavy atom. The molecule has 0 aromatic rings. The first-order valence-electron chi connectivity index (χ1n) is 18.7. The van der Waals surface area contributed by atoms with Gasteiger partial charge in [0.2, 0.25) is 0 Å². The fourth-order valence-electron chi connectivity index (χ4n) is 6.95. The number of carbonyl (C=O) groups is 1. The topological polar surface area (TPSA) is 274 Å². The van der Waals surface area contributed by atoms with E-state index in [4.69, 9.17) is 52.4 Å². The molecular formula is C34H67N5O10. The number of nitrogens with two attached hydrogens (primary N) is 5. The maximum Gasteiger partial charge on any atom is 0.305 e. The lowest BCUT2D eigenvalue weighted by molar-refractivity contribution is -0.315. The van der Waals surface area contributed by atoms with Gasteiger partial charge in [0.15, 0.2) is 12.6 Å². The lowest BCUT2D eigenvalue weighted by Gasteiger charge is -2.47. The Morgan fingerprint density at radius 3 is 1.71 bits per heavy atom. The molecule has 14 atom stereocenters. The van der Waals surface area contributed by atoms with Crippen LogP contribution in [0, 0.1) is 0 Å². The Bertz CT molecular complexity index is 927. The Kier molecular flexibility index (Phi) is 19.1. The monoisotopic (exact) mass is 705 g/mol. The molecule has 2 aliphatic heterocycles. The molecule has 2 heterocycles. The zero-order chi connectivity index (χ0) is 35.9. The zero-order valence-electron chi connectivity index (χ0n) is 29.4. The maximum absolute atomic E-state index is 12.4. The van der Waals surface area contributed by atoms with E-state index in [1.54, 1.807) is 0 Å². The fourth-order valence-corrected chi connectivity index (χ4v) is 6.95. The molecule has 288 valence electrons. The Morgan fingerprint density at radius 1 is 0.653 bits per heavy atom. The molecule has 3 rings (SSSR count). The molecule has 3 fully saturated rings. The van der Waals surface area contributed by atoms with Crippen molar-refractivity contribution in [2.45, 2.75) is 195 Å². The third-order valence-corrected chi connectivity index (χ3v) is 10.1. The van der Waals surface area contributed by atoms with E-state index in [0.29, 0.717) is 6.42 Å². The van der Waals surface area contributed by atoms with Crippen molar-refractivity contribution in [1.29, 1.82) is 0 Å². The lowest BCUT2D eigenvalue weighted by atomic mass is 9.84. The summed E-state index contributed by atoms with van der Waals surface area (Å²) in [7, 11) is 0. The van der Waals surface area contributed by atoms with Gasteiger partial charge < -0.3 is 72.8 Å². The molecule has 1 saturated carbocycles. The molecule has 0 aromatic heterocycles. The second-order valence-corrected chi connectivity index (χ2v) is 14.3. The van der Waals surface area contributed by atoms with Crippen LogP contribution >= 0.6 is 0 Å². The van der Waals surface area contributed by atoms with Gasteiger partial charge in [0.05, 0.1) is 24.3 Å². The van der Waals surface area contributed by atoms with Crippen LogP contribution in [0.15, 0.2) is 0 Å². The normalized spacial score (nSPS) is 38.4. The van der Waals surface area contributed by atoms with Gasteiger partial charge >= 0.3 is 5.97 Å². The summed E-state index contributed by atoms with van der Waals surface area (Å²) in [6.07, 6.45) is 4.82. The van der Waals surface area contributed by atoms with E-state index in [2.05, 4.69) is 6.92 Å². The van der Waals surface area contributed by atoms with Crippen LogP contribution in [-0.2, 0) is 28.5 Å². The third-order valence-electron chi connectivity index (χ3n) is 10.1. The summed E-state index contributed by atoms with van der Waals surface area (Å²) >= 11 is 0. The number of aliphatic hydroxyl groups excluding tert-OH is 4. The Hall–Kier alpha value is -1.05. The van der Waals surface area contributed by atoms with E-state index >= 15 is 0 Å². The maximum atomic E-state index is 12.4. The Balaban J connectivity index is 1.41. The molecule has 15 heteroatoms. The first kappa shape index (κ1) is 42.4. The highest BCUT2D eigenvalue weighted by Gasteiger charge is 2.50. The van der Waals surface area contributed by atoms with Crippen molar-refractivity contribution in [2.24, 2.45) is 28.7 Å². The standard InChI is InChI=1S/C34H67N5O10/c1-2-3-4-5-6-7-8-9-10-11-12-13-14-15-26(41)45-19-25-28(42)27(39)29(43)34(47-25)49-32-21(37)16-20(36)31(30(32)44)48-33-22(38)17-23(40)24(18-35)46-33/h20-25,27-34,40,42-44H,2-19,35-39H2,1H3/t20-,21+,22+,23-,24+,25+,27-,28+,29+,30-,31+,32?,33+,34+/m0/s1. The molecule has 2 saturated heterocycles. The van der Waals surface area contributed by atoms with E-state index in [1.165, 1.54) is 57.8 Å². The minimum absolute atomic E-state index is 0.0442. The summed E-state index contributed by atoms with van der Waals surface area (Å²) in [5.41, 5.74) is 30.5. The molecular weight excluding hydrogens is 638 g/mol. The van der Waals surface area contributed by atoms with Crippen molar-refractivity contribution >= 4 is 5.97 Å². The molecule has 0 amide bonds. The minimum atomic E-state index is -1.48. The van der Waals surface area contributed by atoms with Crippen LogP contribution in [0.4, 0.5) is 0 Å². The third kappa shape index (κ3) is 13.1. The van der Waals surface area contributed by atoms with Gasteiger partial charge in [-0.05, 0) is 19.3 Å². The van der Waals surface area contributed by atoms with Gasteiger partial charge in [0.1, 0.15) is 43.2 Å². The number of rotatable bonds is 21. The smallest absolute Gasteiger partial charge is 0.305 e. The molecule has 0 aromatic carbocycles. The van der Waals surface area contributed by atoms with Crippen LogP contribution in [-0.4, -0.2) is 125 Å². The summed E-state index contributed by atoms with van der Waals surface area (Å²) in [5.74, 6) is -0.415. The van der Waals surface area contributed by atoms with Crippen molar-refractivity contribution in [3.8, 4) is 0 Å². The largest absolute Gasteiger partial charge is 0.463 e. The number of esters is 1. The average molecular weight is 706 g/mol. The number of unbranched alkanes of at least 4 members (excludes halogenated alkanes) is 12. The number of hydrogen-bond acceptors (Lipinski definition) is 15. The minimum Gasteiger partial charge on any atom is -0.463 e. The van der Waals surface area contributed by atoms with Gasteiger partial charge in [-0.15, -0.1) is 0 Å². The lowest BCUT2D eigenvalue weighted by Crippen LogP contribution is -2.68. The summed E-state index contributed by atoms with van der Waals surface area (Å²) in [6.45, 7) is 1.99. The molecule has 15 nitrogen and oxygen atoms in total. The van der Waals surface area contributed by atoms with Crippen LogP contribution in [0.3, 0.4) is 0 Å². The molecule has 1 unspecified atom stereocenters. The molecule has 1 aliphatic carbocycles. The predicted octanol–water partition coefficient (Wildman–Crippen LogP) is -0.264. The van der Waals surface area contributed by atoms with E-state index < -0.39 is 91.5 Å². The highest BCUT2D eigenvalue weighted by Crippen LogP contribution is 2.31. The summed E-state index contributed by atoms with van der Waals surface area (Å²) < 4.78 is 28.9. The SMILES string of the molecule is CCCCCCCCCCCCCCCC(=O)OC[C@H]1O[C@H](OC2[C@H](N)C[C@H](N)[C@@H](O[C@H]3O[C@H](CN)[C@@H](O)C[C@H]3N)[C@@H]2O)[C@H](O)[C@@H](N)[C@@H]1O. The highest BCUT2D eigenvalue weighted by molar-refractivity contribution is 5.69. The van der Waals surface area contributed by atoms with E-state index in [-0.39, 0.29) is 32.4 Å².